The highest BCUT2D eigenvalue weighted by Gasteiger charge is 2.02. The summed E-state index contributed by atoms with van der Waals surface area (Å²) in [7, 11) is 0. The zero-order valence-electron chi connectivity index (χ0n) is 4.01. The van der Waals surface area contributed by atoms with Crippen molar-refractivity contribution in [2.75, 3.05) is 0 Å². The van der Waals surface area contributed by atoms with E-state index in [4.69, 9.17) is 5.73 Å². The first kappa shape index (κ1) is 6.78. The van der Waals surface area contributed by atoms with Crippen LogP contribution in [0.15, 0.2) is 0 Å². The normalized spacial score (nSPS) is 13.4. The van der Waals surface area contributed by atoms with Crippen molar-refractivity contribution in [3.63, 3.8) is 0 Å². The fraction of sp³-hybridized carbons (Fsp3) is 0.667. The van der Waals surface area contributed by atoms with Gasteiger partial charge in [-0.2, -0.15) is 0 Å². The van der Waals surface area contributed by atoms with Crippen LogP contribution in [-0.2, 0) is 4.79 Å². The maximum absolute atomic E-state index is 10.0. The Bertz CT molecular complexity index is 75.3. The summed E-state index contributed by atoms with van der Waals surface area (Å²) in [5.74, 6) is -0.394. The summed E-state index contributed by atoms with van der Waals surface area (Å²) in [6, 6.07) is -0.344. The van der Waals surface area contributed by atoms with Gasteiger partial charge in [-0.3, -0.25) is 9.52 Å². The summed E-state index contributed by atoms with van der Waals surface area (Å²) < 4.78 is 2.38. The molecule has 0 spiro atoms. The number of primary amides is 1. The monoisotopic (exact) mass is 120 g/mol. The molecule has 1 atom stereocenters. The Morgan fingerprint density at radius 2 is 2.43 bits per heavy atom. The van der Waals surface area contributed by atoms with Gasteiger partial charge in [-0.25, -0.2) is 0 Å². The smallest absolute Gasteiger partial charge is 0.235 e. The summed E-state index contributed by atoms with van der Waals surface area (Å²) >= 11 is 3.60. The van der Waals surface area contributed by atoms with Crippen LogP contribution >= 0.6 is 12.8 Å². The molecule has 0 aliphatic heterocycles. The van der Waals surface area contributed by atoms with Gasteiger partial charge in [0.15, 0.2) is 0 Å². The number of hydrogen-bond acceptors (Lipinski definition) is 3. The molecule has 1 amide bonds. The number of carbonyl (C=O) groups excluding carboxylic acids is 1. The van der Waals surface area contributed by atoms with Gasteiger partial charge in [-0.15, -0.1) is 0 Å². The summed E-state index contributed by atoms with van der Waals surface area (Å²) in [5.41, 5.74) is 4.80. The Labute approximate surface area is 47.8 Å². The van der Waals surface area contributed by atoms with Crippen LogP contribution in [0.3, 0.4) is 0 Å². The highest BCUT2D eigenvalue weighted by atomic mass is 32.1. The van der Waals surface area contributed by atoms with Gasteiger partial charge < -0.3 is 5.73 Å². The molecule has 4 heteroatoms. The second-order valence-electron chi connectivity index (χ2n) is 1.25. The minimum atomic E-state index is -0.394. The first-order valence-corrected chi connectivity index (χ1v) is 2.32. The number of thiol groups is 1. The highest BCUT2D eigenvalue weighted by molar-refractivity contribution is 7.78. The van der Waals surface area contributed by atoms with Crippen LogP contribution in [0.5, 0.6) is 0 Å². The Morgan fingerprint density at radius 1 is 2.00 bits per heavy atom. The second-order valence-corrected chi connectivity index (χ2v) is 1.51. The number of nitrogens with one attached hydrogen (secondary N) is 1. The number of nitrogens with two attached hydrogens (primary N) is 1. The predicted octanol–water partition coefficient (Wildman–Crippen LogP) is -0.705. The van der Waals surface area contributed by atoms with E-state index < -0.39 is 5.91 Å². The third-order valence-corrected chi connectivity index (χ3v) is 1.01. The Morgan fingerprint density at radius 3 is 2.43 bits per heavy atom. The predicted molar refractivity (Wildman–Crippen MR) is 30.8 cm³/mol. The number of hydrogen-bond donors (Lipinski definition) is 3. The van der Waals surface area contributed by atoms with E-state index in [1.54, 1.807) is 6.92 Å². The topological polar surface area (TPSA) is 55.1 Å². The van der Waals surface area contributed by atoms with E-state index in [9.17, 15) is 4.79 Å². The summed E-state index contributed by atoms with van der Waals surface area (Å²) in [4.78, 5) is 10.0. The lowest BCUT2D eigenvalue weighted by atomic mass is 10.4. The molecule has 0 saturated carbocycles. The highest BCUT2D eigenvalue weighted by Crippen LogP contribution is 1.76. The number of amides is 1. The maximum Gasteiger partial charge on any atom is 0.235 e. The number of rotatable bonds is 2. The van der Waals surface area contributed by atoms with Gasteiger partial charge in [0, 0.05) is 0 Å². The molecule has 0 aromatic heterocycles. The Hall–Kier alpha value is -0.220. The lowest BCUT2D eigenvalue weighted by molar-refractivity contribution is -0.119. The minimum absolute atomic E-state index is 0.344. The van der Waals surface area contributed by atoms with Crippen LogP contribution in [0.25, 0.3) is 0 Å². The molecule has 0 aromatic carbocycles. The van der Waals surface area contributed by atoms with E-state index in [0.717, 1.165) is 0 Å². The standard InChI is InChI=1S/C3H8N2OS/c1-2(5-7)3(4)6/h2,5,7H,1H3,(H2,4,6). The van der Waals surface area contributed by atoms with Crippen molar-refractivity contribution in [1.82, 2.24) is 4.72 Å². The lowest BCUT2D eigenvalue weighted by Crippen LogP contribution is -2.33. The molecule has 1 unspecified atom stereocenters. The van der Waals surface area contributed by atoms with Crippen LogP contribution in [0.4, 0.5) is 0 Å². The van der Waals surface area contributed by atoms with Gasteiger partial charge in [-0.1, -0.05) is 12.8 Å². The number of carbonyl (C=O) groups is 1. The molecular formula is C3H8N2OS. The molecule has 0 saturated heterocycles. The molecule has 0 heterocycles. The molecule has 0 rings (SSSR count). The first-order valence-electron chi connectivity index (χ1n) is 1.87. The van der Waals surface area contributed by atoms with Crippen molar-refractivity contribution in [3.05, 3.63) is 0 Å². The average molecular weight is 120 g/mol. The molecule has 0 aromatic rings. The zero-order valence-corrected chi connectivity index (χ0v) is 4.90. The van der Waals surface area contributed by atoms with E-state index in [0.29, 0.717) is 0 Å². The van der Waals surface area contributed by atoms with Crippen molar-refractivity contribution in [2.45, 2.75) is 13.0 Å². The molecule has 0 radical (unpaired) electrons. The van der Waals surface area contributed by atoms with Crippen molar-refractivity contribution in [3.8, 4) is 0 Å². The van der Waals surface area contributed by atoms with Crippen molar-refractivity contribution < 1.29 is 4.79 Å². The van der Waals surface area contributed by atoms with Gasteiger partial charge in [0.25, 0.3) is 0 Å². The molecule has 0 aliphatic carbocycles. The average Bonchev–Trinajstić information content (AvgIpc) is 1.65. The van der Waals surface area contributed by atoms with Gasteiger partial charge in [-0.05, 0) is 6.92 Å². The summed E-state index contributed by atoms with van der Waals surface area (Å²) in [5, 5.41) is 0. The van der Waals surface area contributed by atoms with Crippen molar-refractivity contribution >= 4 is 18.7 Å². The van der Waals surface area contributed by atoms with Crippen molar-refractivity contribution in [2.24, 2.45) is 5.73 Å². The van der Waals surface area contributed by atoms with Crippen LogP contribution in [-0.4, -0.2) is 11.9 Å². The second kappa shape index (κ2) is 2.87. The largest absolute Gasteiger partial charge is 0.368 e. The van der Waals surface area contributed by atoms with E-state index in [2.05, 4.69) is 17.5 Å². The molecular weight excluding hydrogens is 112 g/mol. The summed E-state index contributed by atoms with van der Waals surface area (Å²) in [6.45, 7) is 1.63. The van der Waals surface area contributed by atoms with Gasteiger partial charge in [0.05, 0.1) is 6.04 Å². The lowest BCUT2D eigenvalue weighted by Gasteiger charge is -2.00. The van der Waals surface area contributed by atoms with Crippen LogP contribution in [0.1, 0.15) is 6.92 Å². The fourth-order valence-electron chi connectivity index (χ4n) is 0.0636. The molecule has 7 heavy (non-hydrogen) atoms. The van der Waals surface area contributed by atoms with E-state index in [-0.39, 0.29) is 6.04 Å². The zero-order chi connectivity index (χ0) is 5.86. The van der Waals surface area contributed by atoms with Gasteiger partial charge >= 0.3 is 0 Å². The Kier molecular flexibility index (Phi) is 2.78. The van der Waals surface area contributed by atoms with E-state index in [1.165, 1.54) is 0 Å². The molecule has 0 aliphatic rings. The molecule has 0 bridgehead atoms. The van der Waals surface area contributed by atoms with Gasteiger partial charge in [0.2, 0.25) is 5.91 Å². The van der Waals surface area contributed by atoms with E-state index >= 15 is 0 Å². The van der Waals surface area contributed by atoms with Crippen LogP contribution in [0.2, 0.25) is 0 Å². The van der Waals surface area contributed by atoms with Crippen LogP contribution < -0.4 is 10.5 Å². The Balaban J connectivity index is 3.34. The first-order chi connectivity index (χ1) is 3.18. The third-order valence-electron chi connectivity index (χ3n) is 0.620. The molecule has 42 valence electrons. The quantitative estimate of drug-likeness (QED) is 0.422. The molecule has 3 nitrogen and oxygen atoms in total. The summed E-state index contributed by atoms with van der Waals surface area (Å²) in [6.07, 6.45) is 0. The van der Waals surface area contributed by atoms with Crippen LogP contribution in [0, 0.1) is 0 Å². The van der Waals surface area contributed by atoms with Gasteiger partial charge in [0.1, 0.15) is 0 Å². The molecule has 0 fully saturated rings. The van der Waals surface area contributed by atoms with Crippen molar-refractivity contribution in [1.29, 1.82) is 0 Å². The SMILES string of the molecule is CC(NS)C(N)=O. The molecule has 3 N–H and O–H groups in total. The third kappa shape index (κ3) is 2.47. The maximum atomic E-state index is 10.0. The minimum Gasteiger partial charge on any atom is -0.368 e. The van der Waals surface area contributed by atoms with E-state index in [1.807, 2.05) is 0 Å². The fourth-order valence-corrected chi connectivity index (χ4v) is 0.191.